The van der Waals surface area contributed by atoms with E-state index < -0.39 is 0 Å². The van der Waals surface area contributed by atoms with Gasteiger partial charge in [-0.2, -0.15) is 0 Å². The van der Waals surface area contributed by atoms with Crippen LogP contribution in [0, 0.1) is 5.92 Å². The Kier molecular flexibility index (Phi) is 7.90. The lowest BCUT2D eigenvalue weighted by molar-refractivity contribution is -0.139. The standard InChI is InChI=1S/C30H33BrN2O3/c31-26-9-6-10-27(20-26)36-28-13-16-33(21-25(28)19-30(35)32-14-4-1-5-15-32)29(34)18-22-11-12-23-7-2-3-8-24(23)17-22/h2-3,6-12,17,20,25,28H,1,4-5,13-16,18-19,21H2/t25-,28-/m0/s1. The van der Waals surface area contributed by atoms with Crippen molar-refractivity contribution in [1.82, 2.24) is 9.80 Å². The summed E-state index contributed by atoms with van der Waals surface area (Å²) in [6.07, 6.45) is 4.74. The Morgan fingerprint density at radius 3 is 2.44 bits per heavy atom. The van der Waals surface area contributed by atoms with Crippen LogP contribution < -0.4 is 4.74 Å². The second-order valence-corrected chi connectivity index (χ2v) is 10.9. The molecule has 5 nitrogen and oxygen atoms in total. The van der Waals surface area contributed by atoms with Gasteiger partial charge in [-0.25, -0.2) is 0 Å². The number of benzene rings is 3. The van der Waals surface area contributed by atoms with Crippen molar-refractivity contribution >= 4 is 38.5 Å². The molecule has 0 aromatic heterocycles. The Bertz CT molecular complexity index is 1220. The molecule has 0 radical (unpaired) electrons. The van der Waals surface area contributed by atoms with Crippen molar-refractivity contribution in [1.29, 1.82) is 0 Å². The highest BCUT2D eigenvalue weighted by Crippen LogP contribution is 2.29. The van der Waals surface area contributed by atoms with E-state index in [1.807, 2.05) is 52.3 Å². The molecule has 2 atom stereocenters. The van der Waals surface area contributed by atoms with Gasteiger partial charge in [0.25, 0.3) is 0 Å². The van der Waals surface area contributed by atoms with Gasteiger partial charge in [-0.3, -0.25) is 9.59 Å². The number of amides is 2. The van der Waals surface area contributed by atoms with Gasteiger partial charge in [-0.1, -0.05) is 64.5 Å². The third-order valence-corrected chi connectivity index (χ3v) is 7.91. The van der Waals surface area contributed by atoms with Crippen LogP contribution >= 0.6 is 15.9 Å². The Morgan fingerprint density at radius 2 is 1.64 bits per heavy atom. The molecule has 0 spiro atoms. The maximum Gasteiger partial charge on any atom is 0.227 e. The van der Waals surface area contributed by atoms with Crippen LogP contribution in [0.4, 0.5) is 0 Å². The van der Waals surface area contributed by atoms with E-state index in [9.17, 15) is 9.59 Å². The van der Waals surface area contributed by atoms with Crippen LogP contribution in [0.5, 0.6) is 5.75 Å². The number of rotatable bonds is 6. The van der Waals surface area contributed by atoms with Crippen molar-refractivity contribution in [3.63, 3.8) is 0 Å². The number of carbonyl (C=O) groups is 2. The molecule has 2 aliphatic heterocycles. The second-order valence-electron chi connectivity index (χ2n) is 10.0. The average molecular weight is 550 g/mol. The number of piperidine rings is 2. The molecule has 6 heteroatoms. The van der Waals surface area contributed by atoms with E-state index in [0.717, 1.165) is 47.1 Å². The molecule has 3 aromatic rings. The first-order chi connectivity index (χ1) is 17.5. The highest BCUT2D eigenvalue weighted by Gasteiger charge is 2.35. The number of fused-ring (bicyclic) bond motifs is 1. The summed E-state index contributed by atoms with van der Waals surface area (Å²) in [5.74, 6) is 1.06. The van der Waals surface area contributed by atoms with E-state index in [-0.39, 0.29) is 23.8 Å². The molecule has 2 saturated heterocycles. The molecular formula is C30H33BrN2O3. The third kappa shape index (κ3) is 6.09. The topological polar surface area (TPSA) is 49.9 Å². The number of hydrogen-bond donors (Lipinski definition) is 0. The lowest BCUT2D eigenvalue weighted by Crippen LogP contribution is -2.50. The van der Waals surface area contributed by atoms with Gasteiger partial charge in [0.2, 0.25) is 11.8 Å². The Labute approximate surface area is 221 Å². The van der Waals surface area contributed by atoms with Crippen molar-refractivity contribution in [2.24, 2.45) is 5.92 Å². The summed E-state index contributed by atoms with van der Waals surface area (Å²) in [7, 11) is 0. The normalized spacial score (nSPS) is 20.4. The molecule has 2 amide bonds. The van der Waals surface area contributed by atoms with Crippen LogP contribution in [0.25, 0.3) is 10.8 Å². The fourth-order valence-electron chi connectivity index (χ4n) is 5.44. The van der Waals surface area contributed by atoms with E-state index in [2.05, 4.69) is 40.2 Å². The number of likely N-dealkylation sites (tertiary alicyclic amines) is 2. The quantitative estimate of drug-likeness (QED) is 0.388. The molecule has 188 valence electrons. The largest absolute Gasteiger partial charge is 0.490 e. The Hall–Kier alpha value is -2.86. The van der Waals surface area contributed by atoms with E-state index in [0.29, 0.717) is 32.4 Å². The van der Waals surface area contributed by atoms with Crippen LogP contribution in [-0.4, -0.2) is 53.9 Å². The van der Waals surface area contributed by atoms with Gasteiger partial charge in [-0.15, -0.1) is 0 Å². The first-order valence-corrected chi connectivity index (χ1v) is 13.8. The average Bonchev–Trinajstić information content (AvgIpc) is 2.90. The van der Waals surface area contributed by atoms with Crippen molar-refractivity contribution < 1.29 is 14.3 Å². The number of halogens is 1. The molecule has 36 heavy (non-hydrogen) atoms. The van der Waals surface area contributed by atoms with Gasteiger partial charge in [0, 0.05) is 49.4 Å². The van der Waals surface area contributed by atoms with Gasteiger partial charge >= 0.3 is 0 Å². The molecule has 2 heterocycles. The summed E-state index contributed by atoms with van der Waals surface area (Å²) in [6.45, 7) is 2.87. The van der Waals surface area contributed by atoms with Gasteiger partial charge in [0.1, 0.15) is 11.9 Å². The van der Waals surface area contributed by atoms with Crippen LogP contribution in [-0.2, 0) is 16.0 Å². The Balaban J connectivity index is 1.28. The van der Waals surface area contributed by atoms with Crippen LogP contribution in [0.1, 0.15) is 37.7 Å². The molecule has 0 N–H and O–H groups in total. The SMILES string of the molecule is O=C(C[C@H]1CN(C(=O)Cc2ccc3ccccc3c2)CC[C@@H]1Oc1cccc(Br)c1)N1CCCCC1. The molecule has 0 unspecified atom stereocenters. The van der Waals surface area contributed by atoms with Crippen molar-refractivity contribution in [3.8, 4) is 5.75 Å². The maximum atomic E-state index is 13.3. The fraction of sp³-hybridized carbons (Fsp3) is 0.400. The Morgan fingerprint density at radius 1 is 0.833 bits per heavy atom. The minimum Gasteiger partial charge on any atom is -0.490 e. The number of carbonyl (C=O) groups excluding carboxylic acids is 2. The molecule has 0 saturated carbocycles. The monoisotopic (exact) mass is 548 g/mol. The summed E-state index contributed by atoms with van der Waals surface area (Å²) in [6, 6.07) is 22.3. The lowest BCUT2D eigenvalue weighted by atomic mass is 9.90. The van der Waals surface area contributed by atoms with Gasteiger partial charge in [0.05, 0.1) is 6.42 Å². The summed E-state index contributed by atoms with van der Waals surface area (Å²) in [5, 5.41) is 2.32. The van der Waals surface area contributed by atoms with E-state index in [4.69, 9.17) is 4.74 Å². The summed E-state index contributed by atoms with van der Waals surface area (Å²) in [5.41, 5.74) is 1.02. The zero-order valence-corrected chi connectivity index (χ0v) is 22.2. The minimum atomic E-state index is -0.0993. The van der Waals surface area contributed by atoms with Crippen LogP contribution in [0.3, 0.4) is 0 Å². The molecule has 2 fully saturated rings. The minimum absolute atomic E-state index is 0.0345. The van der Waals surface area contributed by atoms with Crippen LogP contribution in [0.15, 0.2) is 71.2 Å². The van der Waals surface area contributed by atoms with Crippen molar-refractivity contribution in [2.45, 2.75) is 44.6 Å². The summed E-state index contributed by atoms with van der Waals surface area (Å²) < 4.78 is 7.35. The van der Waals surface area contributed by atoms with Crippen molar-refractivity contribution in [3.05, 3.63) is 76.8 Å². The first-order valence-electron chi connectivity index (χ1n) is 13.0. The first kappa shape index (κ1) is 24.8. The van der Waals surface area contributed by atoms with E-state index >= 15 is 0 Å². The predicted octanol–water partition coefficient (Wildman–Crippen LogP) is 5.84. The van der Waals surface area contributed by atoms with Gasteiger partial charge < -0.3 is 14.5 Å². The van der Waals surface area contributed by atoms with Crippen LogP contribution in [0.2, 0.25) is 0 Å². The molecule has 0 aliphatic carbocycles. The summed E-state index contributed by atoms with van der Waals surface area (Å²) in [4.78, 5) is 30.4. The third-order valence-electron chi connectivity index (χ3n) is 7.42. The zero-order chi connectivity index (χ0) is 24.9. The number of hydrogen-bond acceptors (Lipinski definition) is 3. The lowest BCUT2D eigenvalue weighted by Gasteiger charge is -2.39. The summed E-state index contributed by atoms with van der Waals surface area (Å²) >= 11 is 3.52. The van der Waals surface area contributed by atoms with Crippen molar-refractivity contribution in [2.75, 3.05) is 26.2 Å². The molecule has 0 bridgehead atoms. The number of nitrogens with zero attached hydrogens (tertiary/aromatic N) is 2. The predicted molar refractivity (Wildman–Crippen MR) is 146 cm³/mol. The van der Waals surface area contributed by atoms with Gasteiger partial charge in [0.15, 0.2) is 0 Å². The molecule has 3 aromatic carbocycles. The zero-order valence-electron chi connectivity index (χ0n) is 20.6. The number of ether oxygens (including phenoxy) is 1. The maximum absolute atomic E-state index is 13.3. The smallest absolute Gasteiger partial charge is 0.227 e. The molecule has 5 rings (SSSR count). The second kappa shape index (κ2) is 11.5. The van der Waals surface area contributed by atoms with E-state index in [1.54, 1.807) is 0 Å². The highest BCUT2D eigenvalue weighted by atomic mass is 79.9. The van der Waals surface area contributed by atoms with E-state index in [1.165, 1.54) is 11.8 Å². The fourth-order valence-corrected chi connectivity index (χ4v) is 5.81. The highest BCUT2D eigenvalue weighted by molar-refractivity contribution is 9.10. The molecule has 2 aliphatic rings. The van der Waals surface area contributed by atoms with Gasteiger partial charge in [-0.05, 0) is 53.8 Å². The molecular weight excluding hydrogens is 516 g/mol.